The van der Waals surface area contributed by atoms with E-state index in [-0.39, 0.29) is 17.9 Å². The molecule has 4 atom stereocenters. The van der Waals surface area contributed by atoms with Crippen LogP contribution in [-0.2, 0) is 9.53 Å². The number of hydrogen-bond acceptors (Lipinski definition) is 3. The maximum atomic E-state index is 13.3. The molecule has 5 nitrogen and oxygen atoms in total. The third-order valence-corrected chi connectivity index (χ3v) is 9.47. The average Bonchev–Trinajstić information content (AvgIpc) is 3.36. The molecule has 1 aliphatic heterocycles. The second-order valence-electron chi connectivity index (χ2n) is 10.2. The molecule has 2 aromatic carbocycles. The van der Waals surface area contributed by atoms with Crippen molar-refractivity contribution in [1.82, 2.24) is 4.90 Å². The standard InChI is InChI=1S/C26H27NO4/c1-24-15-27(26(22(28)29)13-16(24)11-12-25(24,26)2)23(30)31-14-21-19-9-5-3-7-17(19)18-8-4-6-10-20(18)21/h3-10,16,21H,11-15H2,1-2H3,(H,28,29)/t16-,24+,25-,26+/m1/s1. The average molecular weight is 418 g/mol. The zero-order chi connectivity index (χ0) is 21.6. The maximum Gasteiger partial charge on any atom is 0.410 e. The van der Waals surface area contributed by atoms with Crippen molar-refractivity contribution >= 4 is 12.1 Å². The first-order valence-corrected chi connectivity index (χ1v) is 11.2. The number of amides is 1. The van der Waals surface area contributed by atoms with Crippen molar-refractivity contribution in [1.29, 1.82) is 0 Å². The number of carboxylic acids is 1. The number of nitrogens with zero attached hydrogens (tertiary/aromatic N) is 1. The number of likely N-dealkylation sites (tertiary alicyclic amines) is 1. The molecule has 160 valence electrons. The van der Waals surface area contributed by atoms with Gasteiger partial charge < -0.3 is 9.84 Å². The van der Waals surface area contributed by atoms with Gasteiger partial charge in [0.2, 0.25) is 0 Å². The topological polar surface area (TPSA) is 66.8 Å². The van der Waals surface area contributed by atoms with Gasteiger partial charge in [-0.25, -0.2) is 9.59 Å². The minimum absolute atomic E-state index is 0.0282. The van der Waals surface area contributed by atoms with Gasteiger partial charge in [0.15, 0.2) is 0 Å². The fourth-order valence-corrected chi connectivity index (χ4v) is 7.61. The van der Waals surface area contributed by atoms with Crippen LogP contribution in [0.2, 0.25) is 0 Å². The van der Waals surface area contributed by atoms with Crippen molar-refractivity contribution in [3.63, 3.8) is 0 Å². The Balaban J connectivity index is 1.29. The van der Waals surface area contributed by atoms with Gasteiger partial charge in [-0.05, 0) is 52.8 Å². The predicted octanol–water partition coefficient (Wildman–Crippen LogP) is 4.90. The monoisotopic (exact) mass is 417 g/mol. The van der Waals surface area contributed by atoms with Crippen LogP contribution in [0.5, 0.6) is 0 Å². The smallest absolute Gasteiger partial charge is 0.410 e. The van der Waals surface area contributed by atoms with E-state index in [1.807, 2.05) is 24.3 Å². The largest absolute Gasteiger partial charge is 0.479 e. The molecule has 1 amide bonds. The van der Waals surface area contributed by atoms with Crippen LogP contribution in [0.4, 0.5) is 4.79 Å². The predicted molar refractivity (Wildman–Crippen MR) is 116 cm³/mol. The second kappa shape index (κ2) is 5.90. The number of ether oxygens (including phenoxy) is 1. The number of benzene rings is 2. The molecule has 0 unspecified atom stereocenters. The fraction of sp³-hybridized carbons (Fsp3) is 0.462. The van der Waals surface area contributed by atoms with Gasteiger partial charge in [-0.15, -0.1) is 0 Å². The van der Waals surface area contributed by atoms with E-state index in [0.29, 0.717) is 18.9 Å². The van der Waals surface area contributed by atoms with E-state index in [1.165, 1.54) is 11.1 Å². The highest BCUT2D eigenvalue weighted by atomic mass is 16.6. The van der Waals surface area contributed by atoms with Crippen LogP contribution >= 0.6 is 0 Å². The van der Waals surface area contributed by atoms with Crippen LogP contribution in [-0.4, -0.2) is 40.8 Å². The van der Waals surface area contributed by atoms with Crippen molar-refractivity contribution in [3.05, 3.63) is 59.7 Å². The highest BCUT2D eigenvalue weighted by molar-refractivity contribution is 5.88. The van der Waals surface area contributed by atoms with Gasteiger partial charge >= 0.3 is 12.1 Å². The lowest BCUT2D eigenvalue weighted by Crippen LogP contribution is -2.60. The first kappa shape index (κ1) is 18.9. The van der Waals surface area contributed by atoms with E-state index in [1.54, 1.807) is 4.90 Å². The van der Waals surface area contributed by atoms with E-state index >= 15 is 0 Å². The van der Waals surface area contributed by atoms with Crippen LogP contribution in [0, 0.1) is 16.7 Å². The summed E-state index contributed by atoms with van der Waals surface area (Å²) in [6, 6.07) is 16.5. The molecule has 1 N–H and O–H groups in total. The number of fused-ring (bicyclic) bond motifs is 3. The molecule has 4 bridgehead atoms. The zero-order valence-electron chi connectivity index (χ0n) is 17.9. The molecule has 5 heteroatoms. The molecule has 2 saturated carbocycles. The molecular formula is C26H27NO4. The van der Waals surface area contributed by atoms with E-state index < -0.39 is 23.0 Å². The van der Waals surface area contributed by atoms with Gasteiger partial charge in [-0.2, -0.15) is 0 Å². The molecule has 3 fully saturated rings. The lowest BCUT2D eigenvalue weighted by molar-refractivity contribution is -0.156. The number of carboxylic acid groups (broad SMARTS) is 1. The third kappa shape index (κ3) is 2.03. The summed E-state index contributed by atoms with van der Waals surface area (Å²) in [5.74, 6) is -0.541. The SMILES string of the molecule is C[C@]12CC[C@@H]3C[C@@]1(C(=O)O)N(C(=O)OCC1c4ccccc4-c4ccccc41)C[C@@]32C. The highest BCUT2D eigenvalue weighted by Crippen LogP contribution is 2.75. The Morgan fingerprint density at radius 3 is 2.26 bits per heavy atom. The molecule has 31 heavy (non-hydrogen) atoms. The minimum Gasteiger partial charge on any atom is -0.479 e. The number of carbonyl (C=O) groups excluding carboxylic acids is 1. The number of hydrogen-bond donors (Lipinski definition) is 1. The van der Waals surface area contributed by atoms with Gasteiger partial charge in [-0.1, -0.05) is 62.4 Å². The second-order valence-corrected chi connectivity index (χ2v) is 10.2. The van der Waals surface area contributed by atoms with Crippen molar-refractivity contribution in [3.8, 4) is 11.1 Å². The van der Waals surface area contributed by atoms with Gasteiger partial charge in [0, 0.05) is 17.9 Å². The Kier molecular flexibility index (Phi) is 3.60. The van der Waals surface area contributed by atoms with Gasteiger partial charge in [0.1, 0.15) is 12.1 Å². The van der Waals surface area contributed by atoms with Crippen molar-refractivity contribution < 1.29 is 19.4 Å². The molecule has 0 aromatic heterocycles. The lowest BCUT2D eigenvalue weighted by atomic mass is 9.65. The first-order valence-electron chi connectivity index (χ1n) is 11.2. The normalized spacial score (nSPS) is 34.6. The van der Waals surface area contributed by atoms with Crippen molar-refractivity contribution in [2.45, 2.75) is 44.6 Å². The van der Waals surface area contributed by atoms with E-state index in [0.717, 1.165) is 24.0 Å². The Morgan fingerprint density at radius 1 is 1.06 bits per heavy atom. The molecule has 1 heterocycles. The summed E-state index contributed by atoms with van der Waals surface area (Å²) in [6.45, 7) is 4.93. The summed E-state index contributed by atoms with van der Waals surface area (Å²) in [5, 5.41) is 10.3. The Hall–Kier alpha value is -2.82. The van der Waals surface area contributed by atoms with Gasteiger partial charge in [0.25, 0.3) is 0 Å². The Morgan fingerprint density at radius 2 is 1.68 bits per heavy atom. The van der Waals surface area contributed by atoms with E-state index in [4.69, 9.17) is 4.74 Å². The summed E-state index contributed by atoms with van der Waals surface area (Å²) in [7, 11) is 0. The quantitative estimate of drug-likeness (QED) is 0.771. The summed E-state index contributed by atoms with van der Waals surface area (Å²) < 4.78 is 5.87. The van der Waals surface area contributed by atoms with Crippen LogP contribution in [0.1, 0.15) is 50.2 Å². The van der Waals surface area contributed by atoms with Crippen LogP contribution in [0.25, 0.3) is 11.1 Å². The van der Waals surface area contributed by atoms with Crippen LogP contribution in [0.3, 0.4) is 0 Å². The molecule has 6 rings (SSSR count). The zero-order valence-corrected chi connectivity index (χ0v) is 17.9. The molecule has 2 aromatic rings. The van der Waals surface area contributed by atoms with Gasteiger partial charge in [-0.3, -0.25) is 4.90 Å². The van der Waals surface area contributed by atoms with E-state index in [9.17, 15) is 14.7 Å². The number of piperidine rings is 1. The van der Waals surface area contributed by atoms with Crippen molar-refractivity contribution in [2.24, 2.45) is 16.7 Å². The Labute approximate surface area is 182 Å². The maximum absolute atomic E-state index is 13.3. The third-order valence-electron chi connectivity index (χ3n) is 9.47. The lowest BCUT2D eigenvalue weighted by Gasteiger charge is -2.44. The summed E-state index contributed by atoms with van der Waals surface area (Å²) in [6.07, 6.45) is 1.97. The van der Waals surface area contributed by atoms with Gasteiger partial charge in [0.05, 0.1) is 0 Å². The number of aliphatic carboxylic acids is 1. The van der Waals surface area contributed by atoms with Crippen LogP contribution < -0.4 is 0 Å². The summed E-state index contributed by atoms with van der Waals surface area (Å²) in [4.78, 5) is 27.5. The molecule has 4 aliphatic rings. The molecule has 1 saturated heterocycles. The minimum atomic E-state index is -1.15. The van der Waals surface area contributed by atoms with Crippen molar-refractivity contribution in [2.75, 3.05) is 13.2 Å². The number of rotatable bonds is 3. The van der Waals surface area contributed by atoms with E-state index in [2.05, 4.69) is 38.1 Å². The summed E-state index contributed by atoms with van der Waals surface area (Å²) in [5.41, 5.74) is 2.97. The molecule has 0 radical (unpaired) electrons. The summed E-state index contributed by atoms with van der Waals surface area (Å²) >= 11 is 0. The molecule has 3 aliphatic carbocycles. The molecular weight excluding hydrogens is 390 g/mol. The Bertz CT molecular complexity index is 1080. The fourth-order valence-electron chi connectivity index (χ4n) is 7.61. The molecule has 0 spiro atoms. The first-order chi connectivity index (χ1) is 14.8. The van der Waals surface area contributed by atoms with Crippen LogP contribution in [0.15, 0.2) is 48.5 Å². The highest BCUT2D eigenvalue weighted by Gasteiger charge is 2.81. The number of carbonyl (C=O) groups is 2.